The maximum Gasteiger partial charge on any atom is 0.331 e. The van der Waals surface area contributed by atoms with E-state index in [2.05, 4.69) is 0 Å². The summed E-state index contributed by atoms with van der Waals surface area (Å²) in [5.74, 6) is -0.511. The first-order valence-corrected chi connectivity index (χ1v) is 10.4. The Morgan fingerprint density at radius 3 is 2.17 bits per heavy atom. The van der Waals surface area contributed by atoms with Gasteiger partial charge in [-0.25, -0.2) is 4.79 Å². The Labute approximate surface area is 145 Å². The van der Waals surface area contributed by atoms with Gasteiger partial charge in [-0.1, -0.05) is 44.9 Å². The van der Waals surface area contributed by atoms with Gasteiger partial charge in [0, 0.05) is 6.08 Å². The second kappa shape index (κ2) is 9.37. The van der Waals surface area contributed by atoms with Gasteiger partial charge in [0.15, 0.2) is 0 Å². The lowest BCUT2D eigenvalue weighted by molar-refractivity contribution is -0.142. The summed E-state index contributed by atoms with van der Waals surface area (Å²) >= 11 is 0. The Kier molecular flexibility index (Phi) is 7.49. The smallest absolute Gasteiger partial charge is 0.331 e. The molecule has 6 heteroatoms. The summed E-state index contributed by atoms with van der Waals surface area (Å²) in [6.45, 7) is 1.87. The molecule has 0 aliphatic carbocycles. The minimum atomic E-state index is -3.74. The van der Waals surface area contributed by atoms with Crippen molar-refractivity contribution in [2.75, 3.05) is 0 Å². The van der Waals surface area contributed by atoms with Crippen LogP contribution in [-0.2, 0) is 23.8 Å². The van der Waals surface area contributed by atoms with E-state index in [1.165, 1.54) is 44.3 Å². The van der Waals surface area contributed by atoms with Crippen molar-refractivity contribution in [2.45, 2.75) is 83.3 Å². The van der Waals surface area contributed by atoms with Crippen molar-refractivity contribution in [1.82, 2.24) is 0 Å². The molecule has 0 saturated heterocycles. The lowest BCUT2D eigenvalue weighted by Gasteiger charge is -2.11. The number of cyclic esters (lactones) is 1. The van der Waals surface area contributed by atoms with E-state index in [4.69, 9.17) is 8.92 Å². The van der Waals surface area contributed by atoms with Crippen LogP contribution in [0.2, 0.25) is 0 Å². The van der Waals surface area contributed by atoms with Gasteiger partial charge >= 0.3 is 5.97 Å². The van der Waals surface area contributed by atoms with E-state index in [0.717, 1.165) is 25.7 Å². The third-order valence-electron chi connectivity index (χ3n) is 4.44. The maximum atomic E-state index is 12.0. The van der Waals surface area contributed by atoms with Gasteiger partial charge in [0.05, 0.1) is 17.1 Å². The van der Waals surface area contributed by atoms with Crippen LogP contribution in [0.4, 0.5) is 0 Å². The van der Waals surface area contributed by atoms with Crippen molar-refractivity contribution < 1.29 is 22.1 Å². The summed E-state index contributed by atoms with van der Waals surface area (Å²) in [5, 5.41) is 0. The molecule has 5 nitrogen and oxygen atoms in total. The fourth-order valence-electron chi connectivity index (χ4n) is 3.07. The summed E-state index contributed by atoms with van der Waals surface area (Å²) in [6, 6.07) is 0. The third-order valence-corrected chi connectivity index (χ3v) is 5.79. The number of hydrogen-bond donors (Lipinski definition) is 0. The molecule has 2 bridgehead atoms. The summed E-state index contributed by atoms with van der Waals surface area (Å²) in [7, 11) is -3.74. The zero-order valence-corrected chi connectivity index (χ0v) is 15.2. The number of rotatable bonds is 0. The Hall–Kier alpha value is -1.14. The quantitative estimate of drug-likeness (QED) is 0.485. The number of carbonyl (C=O) groups is 1. The predicted molar refractivity (Wildman–Crippen MR) is 92.7 cm³/mol. The molecule has 2 aliphatic rings. The van der Waals surface area contributed by atoms with Crippen LogP contribution in [0.1, 0.15) is 71.1 Å². The SMILES string of the molecule is C[C@H]1CCCCCCCCCC[C@@H]2C=C(/C=C/C(=O)O1)S(=O)(=O)O2. The van der Waals surface area contributed by atoms with Gasteiger partial charge in [0.1, 0.15) is 0 Å². The number of esters is 1. The molecule has 0 aromatic carbocycles. The van der Waals surface area contributed by atoms with E-state index >= 15 is 0 Å². The maximum absolute atomic E-state index is 12.0. The fourth-order valence-corrected chi connectivity index (χ4v) is 4.21. The highest BCUT2D eigenvalue weighted by Crippen LogP contribution is 2.26. The average Bonchev–Trinajstić information content (AvgIpc) is 2.80. The molecule has 0 N–H and O–H groups in total. The van der Waals surface area contributed by atoms with Crippen molar-refractivity contribution in [3.63, 3.8) is 0 Å². The molecule has 136 valence electrons. The number of allylic oxidation sites excluding steroid dienone is 1. The predicted octanol–water partition coefficient (Wildman–Crippen LogP) is 4.00. The van der Waals surface area contributed by atoms with Crippen LogP contribution >= 0.6 is 0 Å². The van der Waals surface area contributed by atoms with E-state index in [0.29, 0.717) is 6.42 Å². The molecule has 0 aromatic heterocycles. The summed E-state index contributed by atoms with van der Waals surface area (Å²) in [5.41, 5.74) is 0. The zero-order chi connectivity index (χ0) is 17.4. The van der Waals surface area contributed by atoms with Gasteiger partial charge in [0.2, 0.25) is 0 Å². The molecule has 0 spiro atoms. The molecular formula is C18H28O5S. The minimum absolute atomic E-state index is 0.0539. The minimum Gasteiger partial charge on any atom is -0.460 e. The summed E-state index contributed by atoms with van der Waals surface area (Å²) in [6.07, 6.45) is 14.1. The normalized spacial score (nSPS) is 31.4. The van der Waals surface area contributed by atoms with Crippen LogP contribution in [0.15, 0.2) is 23.1 Å². The first kappa shape index (κ1) is 19.2. The molecule has 0 unspecified atom stereocenters. The van der Waals surface area contributed by atoms with Gasteiger partial charge in [-0.15, -0.1) is 0 Å². The van der Waals surface area contributed by atoms with E-state index in [-0.39, 0.29) is 11.0 Å². The van der Waals surface area contributed by atoms with Crippen molar-refractivity contribution in [3.8, 4) is 0 Å². The molecule has 0 amide bonds. The molecule has 2 rings (SSSR count). The molecule has 24 heavy (non-hydrogen) atoms. The molecule has 0 radical (unpaired) electrons. The van der Waals surface area contributed by atoms with Gasteiger partial charge in [-0.3, -0.25) is 4.18 Å². The number of ether oxygens (including phenoxy) is 1. The van der Waals surface area contributed by atoms with Crippen molar-refractivity contribution in [1.29, 1.82) is 0 Å². The van der Waals surface area contributed by atoms with Crippen molar-refractivity contribution in [3.05, 3.63) is 23.1 Å². The lowest BCUT2D eigenvalue weighted by atomic mass is 10.0. The number of carbonyl (C=O) groups excluding carboxylic acids is 1. The van der Waals surface area contributed by atoms with E-state index in [1.54, 1.807) is 6.08 Å². The van der Waals surface area contributed by atoms with Crippen LogP contribution in [0.3, 0.4) is 0 Å². The highest BCUT2D eigenvalue weighted by atomic mass is 32.2. The lowest BCUT2D eigenvalue weighted by Crippen LogP contribution is -2.13. The van der Waals surface area contributed by atoms with E-state index in [1.807, 2.05) is 6.92 Å². The zero-order valence-electron chi connectivity index (χ0n) is 14.4. The van der Waals surface area contributed by atoms with Crippen LogP contribution in [0.5, 0.6) is 0 Å². The van der Waals surface area contributed by atoms with Crippen LogP contribution in [0.25, 0.3) is 0 Å². The third kappa shape index (κ3) is 6.40. The van der Waals surface area contributed by atoms with Crippen molar-refractivity contribution in [2.24, 2.45) is 0 Å². The van der Waals surface area contributed by atoms with Crippen LogP contribution < -0.4 is 0 Å². The Balaban J connectivity index is 2.01. The van der Waals surface area contributed by atoms with Gasteiger partial charge in [0.25, 0.3) is 10.1 Å². The second-order valence-corrected chi connectivity index (χ2v) is 8.22. The molecule has 0 saturated carbocycles. The van der Waals surface area contributed by atoms with E-state index in [9.17, 15) is 13.2 Å². The average molecular weight is 356 g/mol. The molecule has 2 aliphatic heterocycles. The van der Waals surface area contributed by atoms with E-state index < -0.39 is 22.2 Å². The molecule has 0 fully saturated rings. The molecule has 2 atom stereocenters. The number of hydrogen-bond acceptors (Lipinski definition) is 5. The summed E-state index contributed by atoms with van der Waals surface area (Å²) < 4.78 is 34.3. The van der Waals surface area contributed by atoms with Gasteiger partial charge < -0.3 is 4.74 Å². The monoisotopic (exact) mass is 356 g/mol. The Morgan fingerprint density at radius 1 is 0.917 bits per heavy atom. The number of fused-ring (bicyclic) bond motifs is 1. The van der Waals surface area contributed by atoms with Crippen LogP contribution in [-0.4, -0.2) is 26.6 Å². The Morgan fingerprint density at radius 2 is 1.50 bits per heavy atom. The second-order valence-electron chi connectivity index (χ2n) is 6.64. The standard InChI is InChI=1S/C18H28O5S/c1-15-10-8-6-4-2-3-5-7-9-11-16-14-17(24(20,21)23-16)12-13-18(19)22-15/h12-16H,2-11H2,1H3/b13-12+/t15-,16+/m0/s1. The topological polar surface area (TPSA) is 69.7 Å². The van der Waals surface area contributed by atoms with Gasteiger partial charge in [-0.05, 0) is 38.3 Å². The molecule has 0 aromatic rings. The molecule has 2 heterocycles. The van der Waals surface area contributed by atoms with Crippen molar-refractivity contribution >= 4 is 16.1 Å². The first-order valence-electron chi connectivity index (χ1n) is 9.01. The summed E-state index contributed by atoms with van der Waals surface area (Å²) in [4.78, 5) is 11.9. The Bertz CT molecular complexity index is 576. The largest absolute Gasteiger partial charge is 0.460 e. The highest BCUT2D eigenvalue weighted by Gasteiger charge is 2.29. The fraction of sp³-hybridized carbons (Fsp3) is 0.722. The molecular weight excluding hydrogens is 328 g/mol. The first-order chi connectivity index (χ1) is 11.5. The van der Waals surface area contributed by atoms with Gasteiger partial charge in [-0.2, -0.15) is 8.42 Å². The highest BCUT2D eigenvalue weighted by molar-refractivity contribution is 7.91. The van der Waals surface area contributed by atoms with Crippen LogP contribution in [0, 0.1) is 0 Å².